The third-order valence-corrected chi connectivity index (χ3v) is 2.51. The minimum absolute atomic E-state index is 0. The summed E-state index contributed by atoms with van der Waals surface area (Å²) >= 11 is 0. The predicted molar refractivity (Wildman–Crippen MR) is 75.5 cm³/mol. The van der Waals surface area contributed by atoms with Crippen LogP contribution in [-0.4, -0.2) is 33.2 Å². The molecule has 4 nitrogen and oxygen atoms in total. The van der Waals surface area contributed by atoms with Gasteiger partial charge in [-0.2, -0.15) is 0 Å². The molecule has 0 heterocycles. The molecule has 0 atom stereocenters. The molecule has 0 fully saturated rings. The topological polar surface area (TPSA) is 50.4 Å². The lowest BCUT2D eigenvalue weighted by atomic mass is 10.1. The van der Waals surface area contributed by atoms with Crippen molar-refractivity contribution >= 4 is 18.3 Å². The van der Waals surface area contributed by atoms with E-state index in [9.17, 15) is 9.18 Å². The third-order valence-electron chi connectivity index (χ3n) is 2.51. The molecule has 108 valence electrons. The van der Waals surface area contributed by atoms with Gasteiger partial charge in [0, 0.05) is 6.54 Å². The van der Waals surface area contributed by atoms with Crippen LogP contribution in [0.25, 0.3) is 0 Å². The number of ether oxygens (including phenoxy) is 1. The van der Waals surface area contributed by atoms with Crippen molar-refractivity contribution in [3.05, 3.63) is 29.6 Å². The molecule has 0 aromatic heterocycles. The number of carbonyl (C=O) groups excluding carboxylic acids is 1. The minimum atomic E-state index is -0.446. The first kappa shape index (κ1) is 17.7. The molecule has 19 heavy (non-hydrogen) atoms. The quantitative estimate of drug-likeness (QED) is 0.749. The van der Waals surface area contributed by atoms with Crippen LogP contribution in [-0.2, 0) is 11.2 Å². The average Bonchev–Trinajstić information content (AvgIpc) is 2.35. The largest absolute Gasteiger partial charge is 0.494 e. The SMILES string of the molecule is CNCCCNC(=O)Cc1ccc(OC)c(F)c1.Cl. The summed E-state index contributed by atoms with van der Waals surface area (Å²) in [6.07, 6.45) is 1.06. The van der Waals surface area contributed by atoms with Gasteiger partial charge in [-0.25, -0.2) is 4.39 Å². The summed E-state index contributed by atoms with van der Waals surface area (Å²) in [5, 5.41) is 5.78. The van der Waals surface area contributed by atoms with Crippen molar-refractivity contribution in [2.75, 3.05) is 27.2 Å². The summed E-state index contributed by atoms with van der Waals surface area (Å²) < 4.78 is 18.2. The fourth-order valence-electron chi connectivity index (χ4n) is 1.56. The van der Waals surface area contributed by atoms with E-state index in [4.69, 9.17) is 4.74 Å². The zero-order valence-electron chi connectivity index (χ0n) is 11.2. The van der Waals surface area contributed by atoms with Gasteiger partial charge in [-0.05, 0) is 37.7 Å². The van der Waals surface area contributed by atoms with Crippen molar-refractivity contribution in [2.24, 2.45) is 0 Å². The monoisotopic (exact) mass is 290 g/mol. The van der Waals surface area contributed by atoms with E-state index >= 15 is 0 Å². The van der Waals surface area contributed by atoms with E-state index in [2.05, 4.69) is 10.6 Å². The van der Waals surface area contributed by atoms with Gasteiger partial charge in [0.05, 0.1) is 13.5 Å². The van der Waals surface area contributed by atoms with E-state index in [1.807, 2.05) is 7.05 Å². The predicted octanol–water partition coefficient (Wildman–Crippen LogP) is 1.52. The molecule has 2 N–H and O–H groups in total. The fourth-order valence-corrected chi connectivity index (χ4v) is 1.56. The Kier molecular flexibility index (Phi) is 8.91. The lowest BCUT2D eigenvalue weighted by molar-refractivity contribution is -0.120. The molecule has 0 spiro atoms. The van der Waals surface area contributed by atoms with Crippen LogP contribution >= 0.6 is 12.4 Å². The molecular weight excluding hydrogens is 271 g/mol. The van der Waals surface area contributed by atoms with Crippen LogP contribution in [0.15, 0.2) is 18.2 Å². The lowest BCUT2D eigenvalue weighted by Gasteiger charge is -2.06. The van der Waals surface area contributed by atoms with E-state index in [0.717, 1.165) is 13.0 Å². The van der Waals surface area contributed by atoms with Crippen molar-refractivity contribution < 1.29 is 13.9 Å². The highest BCUT2D eigenvalue weighted by Gasteiger charge is 2.07. The Morgan fingerprint density at radius 3 is 2.68 bits per heavy atom. The van der Waals surface area contributed by atoms with E-state index in [0.29, 0.717) is 12.1 Å². The zero-order valence-corrected chi connectivity index (χ0v) is 12.0. The van der Waals surface area contributed by atoms with Gasteiger partial charge in [0.2, 0.25) is 5.91 Å². The van der Waals surface area contributed by atoms with Gasteiger partial charge in [0.25, 0.3) is 0 Å². The number of hydrogen-bond donors (Lipinski definition) is 2. The van der Waals surface area contributed by atoms with Crippen LogP contribution in [0.4, 0.5) is 4.39 Å². The Labute approximate surface area is 119 Å². The Morgan fingerprint density at radius 1 is 1.37 bits per heavy atom. The number of methoxy groups -OCH3 is 1. The highest BCUT2D eigenvalue weighted by molar-refractivity contribution is 5.85. The maximum atomic E-state index is 13.4. The van der Waals surface area contributed by atoms with Crippen molar-refractivity contribution in [2.45, 2.75) is 12.8 Å². The summed E-state index contributed by atoms with van der Waals surface area (Å²) in [5.74, 6) is -0.359. The standard InChI is InChI=1S/C13H19FN2O2.ClH/c1-15-6-3-7-16-13(17)9-10-4-5-12(18-2)11(14)8-10;/h4-5,8,15H,3,6-7,9H2,1-2H3,(H,16,17);1H. The van der Waals surface area contributed by atoms with Gasteiger partial charge >= 0.3 is 0 Å². The smallest absolute Gasteiger partial charge is 0.224 e. The lowest BCUT2D eigenvalue weighted by Crippen LogP contribution is -2.27. The van der Waals surface area contributed by atoms with Gasteiger partial charge in [-0.1, -0.05) is 6.07 Å². The second-order valence-corrected chi connectivity index (χ2v) is 3.95. The zero-order chi connectivity index (χ0) is 13.4. The molecule has 0 aliphatic rings. The molecule has 1 rings (SSSR count). The van der Waals surface area contributed by atoms with Crippen LogP contribution in [0.1, 0.15) is 12.0 Å². The molecule has 0 aliphatic carbocycles. The summed E-state index contributed by atoms with van der Waals surface area (Å²) in [6.45, 7) is 1.48. The van der Waals surface area contributed by atoms with Crippen LogP contribution in [0.2, 0.25) is 0 Å². The first-order valence-corrected chi connectivity index (χ1v) is 5.91. The second-order valence-electron chi connectivity index (χ2n) is 3.95. The molecule has 0 saturated heterocycles. The molecule has 1 amide bonds. The van der Waals surface area contributed by atoms with E-state index < -0.39 is 5.82 Å². The highest BCUT2D eigenvalue weighted by atomic mass is 35.5. The van der Waals surface area contributed by atoms with Crippen molar-refractivity contribution in [1.82, 2.24) is 10.6 Å². The van der Waals surface area contributed by atoms with Gasteiger partial charge in [0.15, 0.2) is 11.6 Å². The van der Waals surface area contributed by atoms with Crippen molar-refractivity contribution in [3.63, 3.8) is 0 Å². The van der Waals surface area contributed by atoms with Gasteiger partial charge in [0.1, 0.15) is 0 Å². The van der Waals surface area contributed by atoms with Gasteiger partial charge < -0.3 is 15.4 Å². The van der Waals surface area contributed by atoms with Crippen LogP contribution in [0, 0.1) is 5.82 Å². The summed E-state index contributed by atoms with van der Waals surface area (Å²) in [5.41, 5.74) is 0.638. The Balaban J connectivity index is 0.00000324. The van der Waals surface area contributed by atoms with Crippen molar-refractivity contribution in [3.8, 4) is 5.75 Å². The Morgan fingerprint density at radius 2 is 2.11 bits per heavy atom. The molecule has 0 bridgehead atoms. The van der Waals surface area contributed by atoms with Crippen molar-refractivity contribution in [1.29, 1.82) is 0 Å². The average molecular weight is 291 g/mol. The summed E-state index contributed by atoms with van der Waals surface area (Å²) in [6, 6.07) is 4.54. The maximum Gasteiger partial charge on any atom is 0.224 e. The second kappa shape index (κ2) is 9.58. The number of carbonyl (C=O) groups is 1. The van der Waals surface area contributed by atoms with Gasteiger partial charge in [-0.3, -0.25) is 4.79 Å². The van der Waals surface area contributed by atoms with E-state index in [1.54, 1.807) is 6.07 Å². The number of rotatable bonds is 7. The van der Waals surface area contributed by atoms with E-state index in [-0.39, 0.29) is 30.5 Å². The third kappa shape index (κ3) is 6.40. The minimum Gasteiger partial charge on any atom is -0.494 e. The number of hydrogen-bond acceptors (Lipinski definition) is 3. The maximum absolute atomic E-state index is 13.4. The molecular formula is C13H20ClFN2O2. The molecule has 0 unspecified atom stereocenters. The molecule has 0 aliphatic heterocycles. The summed E-state index contributed by atoms with van der Waals surface area (Å²) in [7, 11) is 3.27. The molecule has 6 heteroatoms. The Hall–Kier alpha value is -1.33. The first-order valence-electron chi connectivity index (χ1n) is 5.91. The fraction of sp³-hybridized carbons (Fsp3) is 0.462. The molecule has 1 aromatic carbocycles. The number of nitrogens with one attached hydrogen (secondary N) is 2. The molecule has 1 aromatic rings. The molecule has 0 radical (unpaired) electrons. The molecule has 0 saturated carbocycles. The number of benzene rings is 1. The van der Waals surface area contributed by atoms with Crippen LogP contribution in [0.5, 0.6) is 5.75 Å². The first-order chi connectivity index (χ1) is 8.67. The van der Waals surface area contributed by atoms with Crippen LogP contribution in [0.3, 0.4) is 0 Å². The van der Waals surface area contributed by atoms with Crippen LogP contribution < -0.4 is 15.4 Å². The number of halogens is 2. The normalized spacial score (nSPS) is 9.63. The van der Waals surface area contributed by atoms with E-state index in [1.165, 1.54) is 19.2 Å². The summed E-state index contributed by atoms with van der Waals surface area (Å²) in [4.78, 5) is 11.6. The highest BCUT2D eigenvalue weighted by Crippen LogP contribution is 2.17. The number of amides is 1. The van der Waals surface area contributed by atoms with Gasteiger partial charge in [-0.15, -0.1) is 12.4 Å². The Bertz CT molecular complexity index is 402.